The van der Waals surface area contributed by atoms with Crippen LogP contribution in [0.5, 0.6) is 0 Å². The Kier molecular flexibility index (Phi) is 7.14. The SMILES string of the molecule is CC(C)c1cccc(C(C)C)c1N=C(c1ccccc1)c1nc(-c2ccccc2)c(-c2ccccc2)[nH]1. The van der Waals surface area contributed by atoms with Gasteiger partial charge in [0.1, 0.15) is 5.71 Å². The Bertz CT molecular complexity index is 1410. The van der Waals surface area contributed by atoms with E-state index in [1.807, 2.05) is 18.2 Å². The number of para-hydroxylation sites is 1. The molecule has 3 nitrogen and oxygen atoms in total. The zero-order valence-electron chi connectivity index (χ0n) is 21.9. The third-order valence-electron chi connectivity index (χ3n) is 6.65. The maximum atomic E-state index is 5.41. The first-order valence-electron chi connectivity index (χ1n) is 13.0. The largest absolute Gasteiger partial charge is 0.336 e. The quantitative estimate of drug-likeness (QED) is 0.230. The fourth-order valence-corrected chi connectivity index (χ4v) is 4.71. The van der Waals surface area contributed by atoms with Crippen LogP contribution in [0.2, 0.25) is 0 Å². The van der Waals surface area contributed by atoms with Gasteiger partial charge in [-0.25, -0.2) is 9.98 Å². The molecule has 3 heteroatoms. The molecule has 184 valence electrons. The minimum absolute atomic E-state index is 0.353. The summed E-state index contributed by atoms with van der Waals surface area (Å²) in [5.74, 6) is 1.47. The van der Waals surface area contributed by atoms with Crippen LogP contribution in [-0.4, -0.2) is 15.7 Å². The van der Waals surface area contributed by atoms with Gasteiger partial charge in [-0.2, -0.15) is 0 Å². The van der Waals surface area contributed by atoms with Gasteiger partial charge in [0.2, 0.25) is 0 Å². The molecule has 0 radical (unpaired) electrons. The smallest absolute Gasteiger partial charge is 0.157 e. The Labute approximate surface area is 220 Å². The summed E-state index contributed by atoms with van der Waals surface area (Å²) in [6, 6.07) is 37.7. The van der Waals surface area contributed by atoms with Crippen molar-refractivity contribution in [3.63, 3.8) is 0 Å². The highest BCUT2D eigenvalue weighted by Gasteiger charge is 2.21. The molecule has 0 saturated carbocycles. The van der Waals surface area contributed by atoms with Crippen LogP contribution >= 0.6 is 0 Å². The third kappa shape index (κ3) is 5.17. The number of nitrogens with one attached hydrogen (secondary N) is 1. The number of hydrogen-bond acceptors (Lipinski definition) is 2. The summed E-state index contributed by atoms with van der Waals surface area (Å²) in [7, 11) is 0. The number of imidazole rings is 1. The molecule has 0 saturated heterocycles. The molecule has 4 aromatic carbocycles. The summed E-state index contributed by atoms with van der Waals surface area (Å²) in [5.41, 5.74) is 9.50. The zero-order valence-corrected chi connectivity index (χ0v) is 21.9. The van der Waals surface area contributed by atoms with Crippen LogP contribution in [0.4, 0.5) is 5.69 Å². The summed E-state index contributed by atoms with van der Waals surface area (Å²) >= 11 is 0. The summed E-state index contributed by atoms with van der Waals surface area (Å²) in [4.78, 5) is 14.3. The lowest BCUT2D eigenvalue weighted by atomic mass is 9.92. The number of aliphatic imine (C=N–C) groups is 1. The Morgan fingerprint density at radius 3 is 1.68 bits per heavy atom. The van der Waals surface area contributed by atoms with E-state index in [4.69, 9.17) is 9.98 Å². The molecule has 37 heavy (non-hydrogen) atoms. The monoisotopic (exact) mass is 483 g/mol. The number of aromatic amines is 1. The van der Waals surface area contributed by atoms with Gasteiger partial charge in [-0.15, -0.1) is 0 Å². The van der Waals surface area contributed by atoms with Crippen LogP contribution in [0.1, 0.15) is 62.0 Å². The molecule has 1 aromatic heterocycles. The Balaban J connectivity index is 1.79. The lowest BCUT2D eigenvalue weighted by Gasteiger charge is -2.17. The molecule has 0 amide bonds. The van der Waals surface area contributed by atoms with Gasteiger partial charge in [0.25, 0.3) is 0 Å². The van der Waals surface area contributed by atoms with Crippen molar-refractivity contribution in [1.82, 2.24) is 9.97 Å². The molecule has 0 aliphatic carbocycles. The fourth-order valence-electron chi connectivity index (χ4n) is 4.71. The summed E-state index contributed by atoms with van der Waals surface area (Å²) in [6.45, 7) is 8.92. The van der Waals surface area contributed by atoms with Crippen molar-refractivity contribution in [1.29, 1.82) is 0 Å². The van der Waals surface area contributed by atoms with Crippen molar-refractivity contribution in [3.05, 3.63) is 132 Å². The van der Waals surface area contributed by atoms with E-state index in [0.29, 0.717) is 11.8 Å². The molecule has 0 atom stereocenters. The first-order valence-corrected chi connectivity index (χ1v) is 13.0. The molecule has 0 aliphatic heterocycles. The minimum atomic E-state index is 0.353. The van der Waals surface area contributed by atoms with Crippen molar-refractivity contribution in [2.24, 2.45) is 4.99 Å². The molecule has 0 fully saturated rings. The molecule has 1 heterocycles. The van der Waals surface area contributed by atoms with Crippen molar-refractivity contribution in [2.75, 3.05) is 0 Å². The predicted octanol–water partition coefficient (Wildman–Crippen LogP) is 9.16. The van der Waals surface area contributed by atoms with Gasteiger partial charge in [0.15, 0.2) is 5.82 Å². The highest BCUT2D eigenvalue weighted by molar-refractivity contribution is 6.12. The molecular weight excluding hydrogens is 450 g/mol. The molecule has 5 rings (SSSR count). The normalized spacial score (nSPS) is 11.9. The van der Waals surface area contributed by atoms with Crippen LogP contribution < -0.4 is 0 Å². The number of H-pyrrole nitrogens is 1. The first kappa shape index (κ1) is 24.5. The van der Waals surface area contributed by atoms with Gasteiger partial charge in [0.05, 0.1) is 17.1 Å². The van der Waals surface area contributed by atoms with E-state index >= 15 is 0 Å². The number of benzene rings is 4. The van der Waals surface area contributed by atoms with Gasteiger partial charge in [-0.3, -0.25) is 0 Å². The van der Waals surface area contributed by atoms with E-state index in [9.17, 15) is 0 Å². The van der Waals surface area contributed by atoms with Crippen LogP contribution in [-0.2, 0) is 0 Å². The van der Waals surface area contributed by atoms with E-state index in [0.717, 1.165) is 45.3 Å². The fraction of sp³-hybridized carbons (Fsp3) is 0.176. The van der Waals surface area contributed by atoms with E-state index in [2.05, 4.69) is 124 Å². The topological polar surface area (TPSA) is 41.0 Å². The summed E-state index contributed by atoms with van der Waals surface area (Å²) < 4.78 is 0. The number of rotatable bonds is 7. The van der Waals surface area contributed by atoms with E-state index in [1.54, 1.807) is 0 Å². The van der Waals surface area contributed by atoms with Crippen LogP contribution in [0, 0.1) is 0 Å². The lowest BCUT2D eigenvalue weighted by Crippen LogP contribution is -2.07. The van der Waals surface area contributed by atoms with Crippen LogP contribution in [0.25, 0.3) is 22.5 Å². The average Bonchev–Trinajstić information content (AvgIpc) is 3.38. The maximum absolute atomic E-state index is 5.41. The number of nitrogens with zero attached hydrogens (tertiary/aromatic N) is 2. The zero-order chi connectivity index (χ0) is 25.8. The van der Waals surface area contributed by atoms with Gasteiger partial charge in [0, 0.05) is 16.7 Å². The van der Waals surface area contributed by atoms with E-state index < -0.39 is 0 Å². The van der Waals surface area contributed by atoms with Crippen molar-refractivity contribution >= 4 is 11.4 Å². The molecule has 5 aromatic rings. The van der Waals surface area contributed by atoms with Crippen LogP contribution in [0.3, 0.4) is 0 Å². The van der Waals surface area contributed by atoms with Crippen LogP contribution in [0.15, 0.2) is 114 Å². The molecule has 0 bridgehead atoms. The molecule has 0 unspecified atom stereocenters. The van der Waals surface area contributed by atoms with Gasteiger partial charge < -0.3 is 4.98 Å². The Hall–Kier alpha value is -4.24. The summed E-state index contributed by atoms with van der Waals surface area (Å²) in [6.07, 6.45) is 0. The van der Waals surface area contributed by atoms with Gasteiger partial charge in [-0.05, 0) is 23.0 Å². The summed E-state index contributed by atoms with van der Waals surface area (Å²) in [5, 5.41) is 0. The van der Waals surface area contributed by atoms with Crippen molar-refractivity contribution < 1.29 is 0 Å². The Morgan fingerprint density at radius 1 is 0.622 bits per heavy atom. The highest BCUT2D eigenvalue weighted by atomic mass is 15.0. The number of aromatic nitrogens is 2. The second-order valence-corrected chi connectivity index (χ2v) is 9.96. The Morgan fingerprint density at radius 2 is 1.14 bits per heavy atom. The average molecular weight is 484 g/mol. The molecule has 1 N–H and O–H groups in total. The van der Waals surface area contributed by atoms with E-state index in [1.165, 1.54) is 11.1 Å². The molecular formula is C34H33N3. The molecule has 0 spiro atoms. The van der Waals surface area contributed by atoms with E-state index in [-0.39, 0.29) is 0 Å². The minimum Gasteiger partial charge on any atom is -0.336 e. The van der Waals surface area contributed by atoms with Crippen molar-refractivity contribution in [3.8, 4) is 22.5 Å². The highest BCUT2D eigenvalue weighted by Crippen LogP contribution is 2.36. The third-order valence-corrected chi connectivity index (χ3v) is 6.65. The second-order valence-electron chi connectivity index (χ2n) is 9.96. The van der Waals surface area contributed by atoms with Crippen molar-refractivity contribution in [2.45, 2.75) is 39.5 Å². The van der Waals surface area contributed by atoms with Gasteiger partial charge >= 0.3 is 0 Å². The lowest BCUT2D eigenvalue weighted by molar-refractivity contribution is 0.834. The second kappa shape index (κ2) is 10.8. The first-order chi connectivity index (χ1) is 18.0. The number of hydrogen-bond donors (Lipinski definition) is 1. The standard InChI is InChI=1S/C34H33N3/c1-23(2)28-21-14-22-29(24(3)4)33(28)35-32(27-19-12-7-13-20-27)34-36-30(25-15-8-5-9-16-25)31(37-34)26-17-10-6-11-18-26/h5-24H,1-4H3,(H,36,37). The van der Waals surface area contributed by atoms with Gasteiger partial charge in [-0.1, -0.05) is 137 Å². The molecule has 0 aliphatic rings. The maximum Gasteiger partial charge on any atom is 0.157 e. The predicted molar refractivity (Wildman–Crippen MR) is 156 cm³/mol.